The number of fused-ring (bicyclic) bond motifs is 3. The standard InChI is InChI=1S/C34H28Cl2N2O6S/c1-2-43-34(40)22-7-3-5-9-27(22)44-33(39)20-13-16-25-23(17-20)30-24(32(37-25)19-11-14-21(35)15-12-19)18-29(31(30)36)45-28-10-6-4-8-26(28)38(41)42/h3-17,24,29-32,37H,2,18H2,1H3/t24-,29+,30-,31+,32+/m1/s1. The number of anilines is 1. The molecular formula is C34H28Cl2N2O6S. The van der Waals surface area contributed by atoms with Gasteiger partial charge in [-0.2, -0.15) is 0 Å². The summed E-state index contributed by atoms with van der Waals surface area (Å²) in [7, 11) is 0. The van der Waals surface area contributed by atoms with Crippen LogP contribution in [0.25, 0.3) is 0 Å². The Labute approximate surface area is 274 Å². The molecule has 0 unspecified atom stereocenters. The number of hydrogen-bond acceptors (Lipinski definition) is 8. The molecule has 0 spiro atoms. The van der Waals surface area contributed by atoms with Crippen molar-refractivity contribution in [1.29, 1.82) is 0 Å². The van der Waals surface area contributed by atoms with Crippen LogP contribution in [0.4, 0.5) is 11.4 Å². The van der Waals surface area contributed by atoms with Gasteiger partial charge < -0.3 is 14.8 Å². The lowest BCUT2D eigenvalue weighted by Crippen LogP contribution is -2.31. The summed E-state index contributed by atoms with van der Waals surface area (Å²) in [5.74, 6) is -1.26. The molecule has 8 nitrogen and oxygen atoms in total. The molecule has 0 bridgehead atoms. The number of ether oxygens (including phenoxy) is 2. The molecule has 1 aliphatic carbocycles. The minimum absolute atomic E-state index is 0.0113. The zero-order chi connectivity index (χ0) is 31.7. The van der Waals surface area contributed by atoms with Crippen LogP contribution in [0, 0.1) is 16.0 Å². The maximum Gasteiger partial charge on any atom is 0.343 e. The summed E-state index contributed by atoms with van der Waals surface area (Å²) in [5.41, 5.74) is 3.24. The van der Waals surface area contributed by atoms with E-state index in [1.807, 2.05) is 30.3 Å². The molecule has 0 saturated heterocycles. The Morgan fingerprint density at radius 2 is 1.73 bits per heavy atom. The van der Waals surface area contributed by atoms with E-state index in [2.05, 4.69) is 5.32 Å². The zero-order valence-electron chi connectivity index (χ0n) is 24.0. The second kappa shape index (κ2) is 13.1. The Hall–Kier alpha value is -4.05. The van der Waals surface area contributed by atoms with Crippen LogP contribution in [-0.4, -0.2) is 34.1 Å². The molecule has 4 aromatic carbocycles. The topological polar surface area (TPSA) is 108 Å². The van der Waals surface area contributed by atoms with Crippen LogP contribution in [0.1, 0.15) is 57.1 Å². The van der Waals surface area contributed by atoms with Gasteiger partial charge in [0.05, 0.1) is 33.4 Å². The van der Waals surface area contributed by atoms with Gasteiger partial charge in [-0.25, -0.2) is 9.59 Å². The van der Waals surface area contributed by atoms with Crippen LogP contribution in [0.15, 0.2) is 95.9 Å². The largest absolute Gasteiger partial charge is 0.462 e. The molecule has 1 heterocycles. The van der Waals surface area contributed by atoms with Crippen molar-refractivity contribution in [2.75, 3.05) is 11.9 Å². The van der Waals surface area contributed by atoms with Crippen LogP contribution < -0.4 is 10.1 Å². The van der Waals surface area contributed by atoms with Crippen molar-refractivity contribution in [3.05, 3.63) is 128 Å². The SMILES string of the molecule is CCOC(=O)c1ccccc1OC(=O)c1ccc2c(c1)[C@H]1[C@@H](Cl)[C@@H](Sc3ccccc3[N+](=O)[O-])C[C@H]1[C@H](c1ccc(Cl)cc1)N2. The normalized spacial score (nSPS) is 21.6. The number of benzene rings is 4. The lowest BCUT2D eigenvalue weighted by atomic mass is 9.77. The van der Waals surface area contributed by atoms with Gasteiger partial charge in [0.25, 0.3) is 5.69 Å². The van der Waals surface area contributed by atoms with E-state index in [0.717, 1.165) is 16.8 Å². The number of carbonyl (C=O) groups excluding carboxylic acids is 2. The van der Waals surface area contributed by atoms with Crippen molar-refractivity contribution in [1.82, 2.24) is 0 Å². The summed E-state index contributed by atoms with van der Waals surface area (Å²) in [4.78, 5) is 37.8. The number of nitrogens with zero attached hydrogens (tertiary/aromatic N) is 1. The smallest absolute Gasteiger partial charge is 0.343 e. The number of para-hydroxylation sites is 2. The van der Waals surface area contributed by atoms with Crippen LogP contribution >= 0.6 is 35.0 Å². The fourth-order valence-electron chi connectivity index (χ4n) is 6.21. The average Bonchev–Trinajstić information content (AvgIpc) is 3.37. The van der Waals surface area contributed by atoms with Crippen LogP contribution in [-0.2, 0) is 4.74 Å². The first-order valence-corrected chi connectivity index (χ1v) is 16.1. The third-order valence-corrected chi connectivity index (χ3v) is 10.6. The van der Waals surface area contributed by atoms with Crippen LogP contribution in [0.3, 0.4) is 0 Å². The first-order chi connectivity index (χ1) is 21.7. The predicted molar refractivity (Wildman–Crippen MR) is 175 cm³/mol. The number of carbonyl (C=O) groups is 2. The van der Waals surface area contributed by atoms with Crippen molar-refractivity contribution in [3.8, 4) is 5.75 Å². The van der Waals surface area contributed by atoms with Crippen molar-refractivity contribution in [2.24, 2.45) is 5.92 Å². The number of rotatable bonds is 8. The third-order valence-electron chi connectivity index (χ3n) is 8.20. The monoisotopic (exact) mass is 662 g/mol. The van der Waals surface area contributed by atoms with Gasteiger partial charge in [0, 0.05) is 27.9 Å². The van der Waals surface area contributed by atoms with Gasteiger partial charge in [0.2, 0.25) is 0 Å². The molecule has 1 aliphatic heterocycles. The number of nitro benzene ring substituents is 1. The molecule has 1 N–H and O–H groups in total. The first-order valence-electron chi connectivity index (χ1n) is 14.4. The van der Waals surface area contributed by atoms with Gasteiger partial charge >= 0.3 is 11.9 Å². The van der Waals surface area contributed by atoms with E-state index in [1.54, 1.807) is 61.5 Å². The summed E-state index contributed by atoms with van der Waals surface area (Å²) in [5, 5.41) is 15.5. The summed E-state index contributed by atoms with van der Waals surface area (Å²) in [6, 6.07) is 26.0. The van der Waals surface area contributed by atoms with Crippen molar-refractivity contribution in [2.45, 2.75) is 40.8 Å². The Morgan fingerprint density at radius 3 is 2.49 bits per heavy atom. The van der Waals surface area contributed by atoms with Gasteiger partial charge in [-0.05, 0) is 78.9 Å². The number of nitro groups is 1. The molecule has 11 heteroatoms. The quantitative estimate of drug-likeness (QED) is 0.0656. The predicted octanol–water partition coefficient (Wildman–Crippen LogP) is 8.68. The first kappa shape index (κ1) is 31.0. The fourth-order valence-corrected chi connectivity index (χ4v) is 8.28. The molecule has 1 saturated carbocycles. The zero-order valence-corrected chi connectivity index (χ0v) is 26.4. The molecule has 0 radical (unpaired) electrons. The van der Waals surface area contributed by atoms with Crippen LogP contribution in [0.5, 0.6) is 5.75 Å². The second-order valence-corrected chi connectivity index (χ2v) is 13.1. The highest BCUT2D eigenvalue weighted by atomic mass is 35.5. The summed E-state index contributed by atoms with van der Waals surface area (Å²) in [6.07, 6.45) is 0.677. The number of thioether (sulfide) groups is 1. The molecule has 4 aromatic rings. The number of nitrogens with one attached hydrogen (secondary N) is 1. The maximum absolute atomic E-state index is 13.4. The Bertz CT molecular complexity index is 1770. The van der Waals surface area contributed by atoms with Gasteiger partial charge in [-0.15, -0.1) is 23.4 Å². The third kappa shape index (κ3) is 6.25. The van der Waals surface area contributed by atoms with Crippen LogP contribution in [0.2, 0.25) is 5.02 Å². The van der Waals surface area contributed by atoms with Gasteiger partial charge in [-0.1, -0.05) is 48.0 Å². The van der Waals surface area contributed by atoms with E-state index < -0.39 is 17.3 Å². The van der Waals surface area contributed by atoms with Gasteiger partial charge in [0.15, 0.2) is 0 Å². The van der Waals surface area contributed by atoms with Crippen molar-refractivity contribution < 1.29 is 24.0 Å². The lowest BCUT2D eigenvalue weighted by Gasteiger charge is -2.38. The van der Waals surface area contributed by atoms with Gasteiger partial charge in [0.1, 0.15) is 11.3 Å². The van der Waals surface area contributed by atoms with E-state index in [0.29, 0.717) is 21.9 Å². The molecule has 0 aromatic heterocycles. The summed E-state index contributed by atoms with van der Waals surface area (Å²) in [6.45, 7) is 1.89. The molecule has 0 amide bonds. The second-order valence-electron chi connectivity index (χ2n) is 10.8. The highest BCUT2D eigenvalue weighted by Crippen LogP contribution is 2.58. The highest BCUT2D eigenvalue weighted by molar-refractivity contribution is 8.00. The molecule has 1 fully saturated rings. The van der Waals surface area contributed by atoms with E-state index in [1.165, 1.54) is 17.8 Å². The molecule has 2 aliphatic rings. The summed E-state index contributed by atoms with van der Waals surface area (Å²) < 4.78 is 10.8. The number of hydrogen-bond donors (Lipinski definition) is 1. The Morgan fingerprint density at radius 1 is 1.00 bits per heavy atom. The van der Waals surface area contributed by atoms with Crippen molar-refractivity contribution >= 4 is 58.3 Å². The lowest BCUT2D eigenvalue weighted by molar-refractivity contribution is -0.387. The fraction of sp³-hybridized carbons (Fsp3) is 0.235. The van der Waals surface area contributed by atoms with E-state index >= 15 is 0 Å². The minimum atomic E-state index is -0.624. The minimum Gasteiger partial charge on any atom is -0.462 e. The number of halogens is 2. The highest BCUT2D eigenvalue weighted by Gasteiger charge is 2.50. The number of esters is 2. The van der Waals surface area contributed by atoms with Crippen molar-refractivity contribution in [3.63, 3.8) is 0 Å². The average molecular weight is 664 g/mol. The summed E-state index contributed by atoms with van der Waals surface area (Å²) >= 11 is 14.9. The Balaban J connectivity index is 1.34. The molecular weight excluding hydrogens is 635 g/mol. The molecule has 5 atom stereocenters. The number of alkyl halides is 1. The maximum atomic E-state index is 13.4. The molecule has 230 valence electrons. The van der Waals surface area contributed by atoms with Gasteiger partial charge in [-0.3, -0.25) is 10.1 Å². The van der Waals surface area contributed by atoms with E-state index in [-0.39, 0.29) is 51.7 Å². The molecule has 45 heavy (non-hydrogen) atoms. The van der Waals surface area contributed by atoms with E-state index in [4.69, 9.17) is 32.7 Å². The van der Waals surface area contributed by atoms with E-state index in [9.17, 15) is 19.7 Å². The Kier molecular flexibility index (Phi) is 9.03. The molecule has 6 rings (SSSR count).